The van der Waals surface area contributed by atoms with Crippen molar-refractivity contribution in [3.05, 3.63) is 40.4 Å². The molecule has 0 saturated carbocycles. The SMILES string of the molecule is CNC1CCN(C(=O)Cc2csc(-c3ccccc3Cl)n2)CC1.Cl.Cl. The Morgan fingerprint density at radius 2 is 2.00 bits per heavy atom. The van der Waals surface area contributed by atoms with Crippen molar-refractivity contribution in [2.75, 3.05) is 20.1 Å². The molecule has 1 fully saturated rings. The van der Waals surface area contributed by atoms with Crippen molar-refractivity contribution >= 4 is 53.7 Å². The highest BCUT2D eigenvalue weighted by molar-refractivity contribution is 7.13. The summed E-state index contributed by atoms with van der Waals surface area (Å²) in [6.07, 6.45) is 2.40. The second-order valence-corrected chi connectivity index (χ2v) is 7.01. The summed E-state index contributed by atoms with van der Waals surface area (Å²) < 4.78 is 0. The molecule has 2 aromatic rings. The Bertz CT molecular complexity index is 687. The fourth-order valence-electron chi connectivity index (χ4n) is 2.83. The van der Waals surface area contributed by atoms with Crippen LogP contribution in [0.25, 0.3) is 10.6 Å². The molecular weight excluding hydrogens is 401 g/mol. The molecule has 1 aliphatic rings. The predicted octanol–water partition coefficient (Wildman–Crippen LogP) is 4.06. The lowest BCUT2D eigenvalue weighted by Gasteiger charge is -2.31. The Morgan fingerprint density at radius 3 is 2.64 bits per heavy atom. The number of likely N-dealkylation sites (tertiary alicyclic amines) is 1. The molecule has 0 bridgehead atoms. The van der Waals surface area contributed by atoms with Crippen molar-refractivity contribution < 1.29 is 4.79 Å². The maximum absolute atomic E-state index is 12.4. The van der Waals surface area contributed by atoms with Crippen LogP contribution in [0, 0.1) is 0 Å². The Morgan fingerprint density at radius 1 is 1.32 bits per heavy atom. The van der Waals surface area contributed by atoms with Crippen molar-refractivity contribution in [3.63, 3.8) is 0 Å². The smallest absolute Gasteiger partial charge is 0.228 e. The van der Waals surface area contributed by atoms with Crippen LogP contribution >= 0.6 is 47.8 Å². The number of halogens is 3. The van der Waals surface area contributed by atoms with Crippen LogP contribution in [0.2, 0.25) is 5.02 Å². The van der Waals surface area contributed by atoms with Gasteiger partial charge in [-0.15, -0.1) is 36.2 Å². The number of hydrogen-bond donors (Lipinski definition) is 1. The van der Waals surface area contributed by atoms with Crippen molar-refractivity contribution in [3.8, 4) is 10.6 Å². The maximum Gasteiger partial charge on any atom is 0.228 e. The normalized spacial score (nSPS) is 14.6. The molecule has 1 aliphatic heterocycles. The van der Waals surface area contributed by atoms with E-state index in [1.54, 1.807) is 0 Å². The highest BCUT2D eigenvalue weighted by Gasteiger charge is 2.22. The summed E-state index contributed by atoms with van der Waals surface area (Å²) in [4.78, 5) is 18.9. The zero-order valence-corrected chi connectivity index (χ0v) is 17.1. The Kier molecular flexibility index (Phi) is 9.17. The first kappa shape index (κ1) is 22.2. The lowest BCUT2D eigenvalue weighted by molar-refractivity contribution is -0.131. The fraction of sp³-hybridized carbons (Fsp3) is 0.412. The highest BCUT2D eigenvalue weighted by atomic mass is 35.5. The van der Waals surface area contributed by atoms with Crippen molar-refractivity contribution in [1.29, 1.82) is 0 Å². The van der Waals surface area contributed by atoms with Crippen LogP contribution in [-0.4, -0.2) is 42.0 Å². The average Bonchev–Trinajstić information content (AvgIpc) is 3.03. The lowest BCUT2D eigenvalue weighted by atomic mass is 10.0. The van der Waals surface area contributed by atoms with Crippen LogP contribution in [0.3, 0.4) is 0 Å². The molecule has 1 saturated heterocycles. The van der Waals surface area contributed by atoms with Gasteiger partial charge in [-0.2, -0.15) is 0 Å². The van der Waals surface area contributed by atoms with Crippen LogP contribution in [0.15, 0.2) is 29.6 Å². The van der Waals surface area contributed by atoms with Gasteiger partial charge in [0.15, 0.2) is 0 Å². The zero-order chi connectivity index (χ0) is 16.2. The largest absolute Gasteiger partial charge is 0.342 e. The molecule has 0 unspecified atom stereocenters. The molecule has 1 N–H and O–H groups in total. The topological polar surface area (TPSA) is 45.2 Å². The van der Waals surface area contributed by atoms with Crippen LogP contribution in [0.4, 0.5) is 0 Å². The van der Waals surface area contributed by atoms with E-state index in [0.717, 1.165) is 42.2 Å². The van der Waals surface area contributed by atoms with Gasteiger partial charge >= 0.3 is 0 Å². The van der Waals surface area contributed by atoms with Gasteiger partial charge in [-0.3, -0.25) is 4.79 Å². The van der Waals surface area contributed by atoms with E-state index in [4.69, 9.17) is 11.6 Å². The molecule has 138 valence electrons. The highest BCUT2D eigenvalue weighted by Crippen LogP contribution is 2.30. The molecular formula is C17H22Cl3N3OS. The van der Waals surface area contributed by atoms with Gasteiger partial charge in [0, 0.05) is 30.1 Å². The van der Waals surface area contributed by atoms with E-state index < -0.39 is 0 Å². The Hall–Kier alpha value is -0.850. The number of hydrogen-bond acceptors (Lipinski definition) is 4. The molecule has 25 heavy (non-hydrogen) atoms. The summed E-state index contributed by atoms with van der Waals surface area (Å²) in [5.41, 5.74) is 1.75. The first-order chi connectivity index (χ1) is 11.2. The first-order valence-corrected chi connectivity index (χ1v) is 9.07. The van der Waals surface area contributed by atoms with Crippen molar-refractivity contribution in [1.82, 2.24) is 15.2 Å². The molecule has 2 heterocycles. The number of carbonyl (C=O) groups is 1. The molecule has 4 nitrogen and oxygen atoms in total. The van der Waals surface area contributed by atoms with Gasteiger partial charge in [-0.05, 0) is 26.0 Å². The minimum atomic E-state index is 0. The molecule has 1 aromatic heterocycles. The van der Waals surface area contributed by atoms with Crippen molar-refractivity contribution in [2.24, 2.45) is 0 Å². The van der Waals surface area contributed by atoms with Gasteiger partial charge in [-0.25, -0.2) is 4.98 Å². The predicted molar refractivity (Wildman–Crippen MR) is 109 cm³/mol. The number of benzene rings is 1. The maximum atomic E-state index is 12.4. The van der Waals surface area contributed by atoms with E-state index in [1.165, 1.54) is 11.3 Å². The monoisotopic (exact) mass is 421 g/mol. The van der Waals surface area contributed by atoms with Crippen LogP contribution in [0.5, 0.6) is 0 Å². The molecule has 3 rings (SSSR count). The number of aromatic nitrogens is 1. The van der Waals surface area contributed by atoms with E-state index in [1.807, 2.05) is 41.6 Å². The van der Waals surface area contributed by atoms with Crippen LogP contribution in [0.1, 0.15) is 18.5 Å². The quantitative estimate of drug-likeness (QED) is 0.808. The lowest BCUT2D eigenvalue weighted by Crippen LogP contribution is -2.44. The molecule has 0 aliphatic carbocycles. The summed E-state index contributed by atoms with van der Waals surface area (Å²) in [6.45, 7) is 1.65. The summed E-state index contributed by atoms with van der Waals surface area (Å²) in [6, 6.07) is 8.19. The second kappa shape index (κ2) is 10.3. The third-order valence-electron chi connectivity index (χ3n) is 4.24. The summed E-state index contributed by atoms with van der Waals surface area (Å²) in [5.74, 6) is 0.163. The molecule has 8 heteroatoms. The van der Waals surface area contributed by atoms with Gasteiger partial charge in [0.2, 0.25) is 5.91 Å². The van der Waals surface area contributed by atoms with Gasteiger partial charge < -0.3 is 10.2 Å². The third kappa shape index (κ3) is 5.56. The summed E-state index contributed by atoms with van der Waals surface area (Å²) in [7, 11) is 1.98. The molecule has 1 aromatic carbocycles. The van der Waals surface area contributed by atoms with Gasteiger partial charge in [0.25, 0.3) is 0 Å². The summed E-state index contributed by atoms with van der Waals surface area (Å²) in [5, 5.41) is 6.79. The number of amides is 1. The van der Waals surface area contributed by atoms with E-state index >= 15 is 0 Å². The first-order valence-electron chi connectivity index (χ1n) is 7.81. The number of piperidine rings is 1. The number of thiazole rings is 1. The molecule has 0 radical (unpaired) electrons. The van der Waals surface area contributed by atoms with Crippen LogP contribution in [-0.2, 0) is 11.2 Å². The Labute approximate surface area is 169 Å². The number of nitrogens with one attached hydrogen (secondary N) is 1. The molecule has 1 amide bonds. The molecule has 0 atom stereocenters. The second-order valence-electron chi connectivity index (χ2n) is 5.74. The average molecular weight is 423 g/mol. The number of nitrogens with zero attached hydrogens (tertiary/aromatic N) is 2. The summed E-state index contributed by atoms with van der Waals surface area (Å²) >= 11 is 7.74. The Balaban J connectivity index is 0.00000156. The van der Waals surface area contributed by atoms with Gasteiger partial charge in [-0.1, -0.05) is 29.8 Å². The fourth-order valence-corrected chi connectivity index (χ4v) is 3.97. The van der Waals surface area contributed by atoms with Crippen molar-refractivity contribution in [2.45, 2.75) is 25.3 Å². The van der Waals surface area contributed by atoms with Gasteiger partial charge in [0.05, 0.1) is 17.1 Å². The minimum Gasteiger partial charge on any atom is -0.342 e. The minimum absolute atomic E-state index is 0. The standard InChI is InChI=1S/C17H20ClN3OS.2ClH/c1-19-12-6-8-21(9-7-12)16(22)10-13-11-23-17(20-13)14-4-2-3-5-15(14)18;;/h2-5,11-12,19H,6-10H2,1H3;2*1H. The van der Waals surface area contributed by atoms with E-state index in [2.05, 4.69) is 10.3 Å². The molecule has 0 spiro atoms. The van der Waals surface area contributed by atoms with Gasteiger partial charge in [0.1, 0.15) is 5.01 Å². The van der Waals surface area contributed by atoms with Crippen LogP contribution < -0.4 is 5.32 Å². The van der Waals surface area contributed by atoms with E-state index in [9.17, 15) is 4.79 Å². The number of carbonyl (C=O) groups excluding carboxylic acids is 1. The zero-order valence-electron chi connectivity index (χ0n) is 13.9. The van der Waals surface area contributed by atoms with E-state index in [0.29, 0.717) is 17.5 Å². The van der Waals surface area contributed by atoms with E-state index in [-0.39, 0.29) is 30.7 Å². The number of rotatable bonds is 4. The third-order valence-corrected chi connectivity index (χ3v) is 5.50.